The van der Waals surface area contributed by atoms with E-state index in [1.807, 2.05) is 19.1 Å². The fourth-order valence-corrected chi connectivity index (χ4v) is 2.42. The Morgan fingerprint density at radius 3 is 2.39 bits per heavy atom. The molecule has 0 saturated carbocycles. The van der Waals surface area contributed by atoms with Gasteiger partial charge in [0, 0.05) is 12.2 Å². The summed E-state index contributed by atoms with van der Waals surface area (Å²) >= 11 is 0. The highest BCUT2D eigenvalue weighted by Crippen LogP contribution is 2.19. The lowest BCUT2D eigenvalue weighted by molar-refractivity contribution is -0.0173. The molecular formula is C20H30O3. The van der Waals surface area contributed by atoms with Crippen molar-refractivity contribution in [1.82, 2.24) is 0 Å². The quantitative estimate of drug-likeness (QED) is 0.439. The number of ether oxygens (including phenoxy) is 2. The van der Waals surface area contributed by atoms with Gasteiger partial charge in [-0.25, -0.2) is 0 Å². The van der Waals surface area contributed by atoms with Crippen molar-refractivity contribution in [2.45, 2.75) is 59.5 Å². The van der Waals surface area contributed by atoms with Crippen LogP contribution in [-0.4, -0.2) is 24.6 Å². The largest absolute Gasteiger partial charge is 0.490 e. The van der Waals surface area contributed by atoms with Crippen LogP contribution in [0.4, 0.5) is 0 Å². The molecule has 0 spiro atoms. The van der Waals surface area contributed by atoms with Gasteiger partial charge in [0.25, 0.3) is 0 Å². The molecule has 0 heterocycles. The van der Waals surface area contributed by atoms with Gasteiger partial charge in [-0.05, 0) is 84.2 Å². The summed E-state index contributed by atoms with van der Waals surface area (Å²) in [4.78, 5) is 11.2. The summed E-state index contributed by atoms with van der Waals surface area (Å²) in [5, 5.41) is 0. The summed E-state index contributed by atoms with van der Waals surface area (Å²) in [6, 6.07) is 7.27. The number of Topliss-reactive ketones (excluding diaryl/α,β-unsaturated/α-hetero) is 1. The second-order valence-corrected chi connectivity index (χ2v) is 6.49. The molecule has 0 unspecified atom stereocenters. The van der Waals surface area contributed by atoms with Crippen molar-refractivity contribution in [1.29, 1.82) is 0 Å². The molecule has 3 heteroatoms. The summed E-state index contributed by atoms with van der Waals surface area (Å²) in [6.45, 7) is 11.3. The first-order chi connectivity index (χ1) is 10.8. The number of hydrogen-bond donors (Lipinski definition) is 0. The molecule has 128 valence electrons. The molecular weight excluding hydrogens is 288 g/mol. The van der Waals surface area contributed by atoms with Crippen molar-refractivity contribution >= 4 is 5.78 Å². The maximum absolute atomic E-state index is 11.2. The van der Waals surface area contributed by atoms with Gasteiger partial charge in [0.2, 0.25) is 0 Å². The Kier molecular flexibility index (Phi) is 8.04. The number of carbonyl (C=O) groups excluding carboxylic acids is 1. The Hall–Kier alpha value is -1.61. The minimum absolute atomic E-state index is 0.0377. The molecule has 0 bridgehead atoms. The monoisotopic (exact) mass is 318 g/mol. The Labute approximate surface area is 140 Å². The van der Waals surface area contributed by atoms with Crippen LogP contribution in [0.15, 0.2) is 35.9 Å². The van der Waals surface area contributed by atoms with E-state index >= 15 is 0 Å². The molecule has 0 radical (unpaired) electrons. The topological polar surface area (TPSA) is 35.5 Å². The predicted molar refractivity (Wildman–Crippen MR) is 95.3 cm³/mol. The van der Waals surface area contributed by atoms with E-state index in [0.29, 0.717) is 12.2 Å². The molecule has 0 N–H and O–H groups in total. The molecule has 0 aliphatic rings. The number of allylic oxidation sites excluding steroid dienone is 1. The maximum Gasteiger partial charge on any atom is 0.159 e. The van der Waals surface area contributed by atoms with Crippen LogP contribution < -0.4 is 4.74 Å². The fraction of sp³-hybridized carbons (Fsp3) is 0.550. The third-order valence-electron chi connectivity index (χ3n) is 3.83. The highest BCUT2D eigenvalue weighted by Gasteiger charge is 2.16. The Morgan fingerprint density at radius 1 is 1.17 bits per heavy atom. The molecule has 1 aromatic rings. The predicted octanol–water partition coefficient (Wildman–Crippen LogP) is 5.20. The highest BCUT2D eigenvalue weighted by atomic mass is 16.5. The second kappa shape index (κ2) is 9.51. The van der Waals surface area contributed by atoms with Crippen molar-refractivity contribution in [3.8, 4) is 5.75 Å². The summed E-state index contributed by atoms with van der Waals surface area (Å²) in [6.07, 6.45) is 5.34. The molecule has 0 aliphatic carbocycles. The van der Waals surface area contributed by atoms with E-state index in [0.717, 1.165) is 31.6 Å². The van der Waals surface area contributed by atoms with E-state index in [4.69, 9.17) is 9.47 Å². The van der Waals surface area contributed by atoms with Crippen LogP contribution in [0.3, 0.4) is 0 Å². The van der Waals surface area contributed by atoms with Gasteiger partial charge in [-0.3, -0.25) is 4.79 Å². The molecule has 0 fully saturated rings. The molecule has 1 rings (SSSR count). The summed E-state index contributed by atoms with van der Waals surface area (Å²) < 4.78 is 11.4. The van der Waals surface area contributed by atoms with Crippen LogP contribution in [0, 0.1) is 0 Å². The number of carbonyl (C=O) groups is 1. The van der Waals surface area contributed by atoms with Crippen LogP contribution in [0.2, 0.25) is 0 Å². The summed E-state index contributed by atoms with van der Waals surface area (Å²) in [5.74, 6) is 0.860. The normalized spacial score (nSPS) is 12.3. The molecule has 0 aliphatic heterocycles. The molecule has 3 nitrogen and oxygen atoms in total. The lowest BCUT2D eigenvalue weighted by atomic mass is 9.99. The highest BCUT2D eigenvalue weighted by molar-refractivity contribution is 5.94. The minimum atomic E-state index is -0.0377. The number of rotatable bonds is 10. The third kappa shape index (κ3) is 7.98. The smallest absolute Gasteiger partial charge is 0.159 e. The molecule has 0 atom stereocenters. The van der Waals surface area contributed by atoms with Crippen molar-refractivity contribution in [2.75, 3.05) is 13.2 Å². The Morgan fingerprint density at radius 2 is 1.83 bits per heavy atom. The Balaban J connectivity index is 2.32. The van der Waals surface area contributed by atoms with Crippen LogP contribution in [0.5, 0.6) is 5.75 Å². The van der Waals surface area contributed by atoms with Crippen molar-refractivity contribution in [3.05, 3.63) is 41.5 Å². The van der Waals surface area contributed by atoms with Gasteiger partial charge in [0.1, 0.15) is 12.4 Å². The van der Waals surface area contributed by atoms with E-state index in [9.17, 15) is 4.79 Å². The third-order valence-corrected chi connectivity index (χ3v) is 3.83. The molecule has 0 amide bonds. The van der Waals surface area contributed by atoms with E-state index in [1.54, 1.807) is 19.1 Å². The van der Waals surface area contributed by atoms with Gasteiger partial charge >= 0.3 is 0 Å². The molecule has 1 aromatic carbocycles. The zero-order chi connectivity index (χ0) is 17.3. The minimum Gasteiger partial charge on any atom is -0.490 e. The van der Waals surface area contributed by atoms with E-state index < -0.39 is 0 Å². The van der Waals surface area contributed by atoms with Crippen LogP contribution >= 0.6 is 0 Å². The number of hydrogen-bond acceptors (Lipinski definition) is 3. The SMILES string of the molecule is CCOC(C)(C)CCCC(C)=CCOc1ccc(C(C)=O)cc1. The zero-order valence-corrected chi connectivity index (χ0v) is 15.1. The van der Waals surface area contributed by atoms with Crippen LogP contribution in [0.1, 0.15) is 64.2 Å². The zero-order valence-electron chi connectivity index (χ0n) is 15.1. The van der Waals surface area contributed by atoms with Gasteiger partial charge in [-0.15, -0.1) is 0 Å². The summed E-state index contributed by atoms with van der Waals surface area (Å²) in [7, 11) is 0. The lowest BCUT2D eigenvalue weighted by Crippen LogP contribution is -2.24. The second-order valence-electron chi connectivity index (χ2n) is 6.49. The average molecular weight is 318 g/mol. The van der Waals surface area contributed by atoms with Gasteiger partial charge in [-0.2, -0.15) is 0 Å². The number of benzene rings is 1. The average Bonchev–Trinajstić information content (AvgIpc) is 2.47. The fourth-order valence-electron chi connectivity index (χ4n) is 2.42. The number of ketones is 1. The van der Waals surface area contributed by atoms with Crippen LogP contribution in [-0.2, 0) is 4.74 Å². The maximum atomic E-state index is 11.2. The first kappa shape index (κ1) is 19.4. The van der Waals surface area contributed by atoms with E-state index in [-0.39, 0.29) is 11.4 Å². The lowest BCUT2D eigenvalue weighted by Gasteiger charge is -2.24. The Bertz CT molecular complexity index is 512. The summed E-state index contributed by atoms with van der Waals surface area (Å²) in [5.41, 5.74) is 2.00. The van der Waals surface area contributed by atoms with Crippen molar-refractivity contribution in [3.63, 3.8) is 0 Å². The first-order valence-corrected chi connectivity index (χ1v) is 8.37. The van der Waals surface area contributed by atoms with Gasteiger partial charge in [0.15, 0.2) is 5.78 Å². The van der Waals surface area contributed by atoms with Crippen molar-refractivity contribution in [2.24, 2.45) is 0 Å². The molecule has 23 heavy (non-hydrogen) atoms. The standard InChI is InChI=1S/C20H30O3/c1-6-23-20(4,5)14-7-8-16(2)13-15-22-19-11-9-18(10-12-19)17(3)21/h9-13H,6-8,14-15H2,1-5H3. The first-order valence-electron chi connectivity index (χ1n) is 8.37. The van der Waals surface area contributed by atoms with Gasteiger partial charge < -0.3 is 9.47 Å². The van der Waals surface area contributed by atoms with Gasteiger partial charge in [-0.1, -0.05) is 5.57 Å². The molecule has 0 saturated heterocycles. The van der Waals surface area contributed by atoms with Gasteiger partial charge in [0.05, 0.1) is 5.60 Å². The van der Waals surface area contributed by atoms with E-state index in [2.05, 4.69) is 26.8 Å². The van der Waals surface area contributed by atoms with Crippen LogP contribution in [0.25, 0.3) is 0 Å². The van der Waals surface area contributed by atoms with E-state index in [1.165, 1.54) is 5.57 Å². The van der Waals surface area contributed by atoms with Crippen molar-refractivity contribution < 1.29 is 14.3 Å². The molecule has 0 aromatic heterocycles.